The van der Waals surface area contributed by atoms with Gasteiger partial charge in [0.15, 0.2) is 5.82 Å². The summed E-state index contributed by atoms with van der Waals surface area (Å²) in [7, 11) is 0. The average Bonchev–Trinajstić information content (AvgIpc) is 3.36. The molecule has 3 heterocycles. The first-order valence-corrected chi connectivity index (χ1v) is 9.42. The van der Waals surface area contributed by atoms with E-state index in [0.717, 1.165) is 51.6 Å². The van der Waals surface area contributed by atoms with E-state index in [1.807, 2.05) is 6.92 Å². The number of aryl methyl sites for hydroxylation is 1. The number of H-pyrrole nitrogens is 1. The van der Waals surface area contributed by atoms with Gasteiger partial charge in [0.25, 0.3) is 5.91 Å². The smallest absolute Gasteiger partial charge is 0.270 e. The lowest BCUT2D eigenvalue weighted by Gasteiger charge is -2.30. The van der Waals surface area contributed by atoms with E-state index in [0.29, 0.717) is 29.8 Å². The fourth-order valence-corrected chi connectivity index (χ4v) is 3.88. The van der Waals surface area contributed by atoms with Crippen LogP contribution in [-0.2, 0) is 10.3 Å². The van der Waals surface area contributed by atoms with Crippen LogP contribution in [0.3, 0.4) is 0 Å². The second kappa shape index (κ2) is 7.19. The Morgan fingerprint density at radius 1 is 1.31 bits per heavy atom. The summed E-state index contributed by atoms with van der Waals surface area (Å²) in [5, 5.41) is 7.46. The van der Waals surface area contributed by atoms with Crippen molar-refractivity contribution in [3.63, 3.8) is 0 Å². The van der Waals surface area contributed by atoms with Gasteiger partial charge in [-0.05, 0) is 26.2 Å². The Bertz CT molecular complexity index is 754. The number of imidazole rings is 1. The molecule has 2 aliphatic rings. The molecular weight excluding hydrogens is 334 g/mol. The van der Waals surface area contributed by atoms with Crippen molar-refractivity contribution in [2.75, 3.05) is 13.2 Å². The van der Waals surface area contributed by atoms with Crippen LogP contribution in [0, 0.1) is 6.92 Å². The summed E-state index contributed by atoms with van der Waals surface area (Å²) in [6, 6.07) is 0. The van der Waals surface area contributed by atoms with Gasteiger partial charge >= 0.3 is 0 Å². The molecule has 140 valence electrons. The maximum atomic E-state index is 12.8. The van der Waals surface area contributed by atoms with Gasteiger partial charge in [-0.25, -0.2) is 4.98 Å². The Morgan fingerprint density at radius 2 is 2.12 bits per heavy atom. The molecule has 8 nitrogen and oxygen atoms in total. The summed E-state index contributed by atoms with van der Waals surface area (Å²) < 4.78 is 11.0. The van der Waals surface area contributed by atoms with E-state index < -0.39 is 5.54 Å². The summed E-state index contributed by atoms with van der Waals surface area (Å²) >= 11 is 0. The highest BCUT2D eigenvalue weighted by Gasteiger charge is 2.40. The predicted molar refractivity (Wildman–Crippen MR) is 92.6 cm³/mol. The standard InChI is InChI=1S/C18H25N5O3/c1-12-19-10-14(20-12)15(24)22-18(7-4-2-3-5-8-18)17-21-16(26-23-17)13-6-9-25-11-13/h10,13H,2-9,11H2,1H3,(H,19,20)(H,22,24). The molecule has 2 aromatic rings. The number of hydrogen-bond acceptors (Lipinski definition) is 6. The van der Waals surface area contributed by atoms with E-state index in [1.165, 1.54) is 0 Å². The second-order valence-corrected chi connectivity index (χ2v) is 7.35. The largest absolute Gasteiger partial charge is 0.381 e. The minimum absolute atomic E-state index is 0.157. The fourth-order valence-electron chi connectivity index (χ4n) is 3.88. The molecule has 0 bridgehead atoms. The van der Waals surface area contributed by atoms with E-state index in [4.69, 9.17) is 9.26 Å². The minimum atomic E-state index is -0.589. The first-order valence-electron chi connectivity index (χ1n) is 9.42. The highest BCUT2D eigenvalue weighted by atomic mass is 16.5. The van der Waals surface area contributed by atoms with Crippen LogP contribution < -0.4 is 5.32 Å². The lowest BCUT2D eigenvalue weighted by molar-refractivity contribution is 0.0872. The topological polar surface area (TPSA) is 106 Å². The van der Waals surface area contributed by atoms with Crippen LogP contribution >= 0.6 is 0 Å². The predicted octanol–water partition coefficient (Wildman–Crippen LogP) is 2.58. The zero-order valence-corrected chi connectivity index (χ0v) is 15.1. The van der Waals surface area contributed by atoms with E-state index in [9.17, 15) is 4.79 Å². The molecule has 1 unspecified atom stereocenters. The quantitative estimate of drug-likeness (QED) is 0.813. The molecule has 0 spiro atoms. The third kappa shape index (κ3) is 3.38. The molecule has 1 aliphatic carbocycles. The van der Waals surface area contributed by atoms with E-state index in [-0.39, 0.29) is 11.8 Å². The molecule has 2 N–H and O–H groups in total. The van der Waals surface area contributed by atoms with E-state index in [2.05, 4.69) is 25.4 Å². The molecule has 1 amide bonds. The maximum Gasteiger partial charge on any atom is 0.270 e. The van der Waals surface area contributed by atoms with Crippen LogP contribution in [0.4, 0.5) is 0 Å². The summed E-state index contributed by atoms with van der Waals surface area (Å²) in [5.41, 5.74) is -0.132. The van der Waals surface area contributed by atoms with Gasteiger partial charge in [-0.2, -0.15) is 4.98 Å². The van der Waals surface area contributed by atoms with Crippen molar-refractivity contribution < 1.29 is 14.1 Å². The molecule has 1 saturated heterocycles. The molecule has 0 radical (unpaired) electrons. The zero-order valence-electron chi connectivity index (χ0n) is 15.1. The second-order valence-electron chi connectivity index (χ2n) is 7.35. The summed E-state index contributed by atoms with van der Waals surface area (Å²) in [6.45, 7) is 3.17. The number of rotatable bonds is 4. The van der Waals surface area contributed by atoms with Crippen LogP contribution in [0.2, 0.25) is 0 Å². The van der Waals surface area contributed by atoms with Gasteiger partial charge < -0.3 is 19.6 Å². The van der Waals surface area contributed by atoms with Crippen LogP contribution in [0.25, 0.3) is 0 Å². The van der Waals surface area contributed by atoms with Crippen molar-refractivity contribution in [3.8, 4) is 0 Å². The first kappa shape index (κ1) is 17.2. The molecule has 2 aromatic heterocycles. The lowest BCUT2D eigenvalue weighted by Crippen LogP contribution is -2.46. The molecule has 2 fully saturated rings. The molecule has 1 aliphatic heterocycles. The van der Waals surface area contributed by atoms with Crippen LogP contribution in [0.1, 0.15) is 78.9 Å². The monoisotopic (exact) mass is 359 g/mol. The summed E-state index contributed by atoms with van der Waals surface area (Å²) in [6.07, 6.45) is 8.44. The molecular formula is C18H25N5O3. The number of nitrogens with one attached hydrogen (secondary N) is 2. The molecule has 1 saturated carbocycles. The van der Waals surface area contributed by atoms with Gasteiger partial charge in [0.2, 0.25) is 5.89 Å². The molecule has 26 heavy (non-hydrogen) atoms. The highest BCUT2D eigenvalue weighted by molar-refractivity contribution is 5.92. The van der Waals surface area contributed by atoms with Gasteiger partial charge in [0, 0.05) is 6.61 Å². The summed E-state index contributed by atoms with van der Waals surface area (Å²) in [5.74, 6) is 1.90. The average molecular weight is 359 g/mol. The number of aromatic nitrogens is 4. The Balaban J connectivity index is 1.61. The molecule has 0 aromatic carbocycles. The number of carbonyl (C=O) groups excluding carboxylic acids is 1. The van der Waals surface area contributed by atoms with Crippen molar-refractivity contribution in [2.24, 2.45) is 0 Å². The van der Waals surface area contributed by atoms with Crippen LogP contribution in [0.5, 0.6) is 0 Å². The Labute approximate surface area is 152 Å². The van der Waals surface area contributed by atoms with Gasteiger partial charge in [-0.15, -0.1) is 0 Å². The molecule has 4 rings (SSSR count). The summed E-state index contributed by atoms with van der Waals surface area (Å²) in [4.78, 5) is 24.6. The SMILES string of the molecule is Cc1ncc(C(=O)NC2(c3noc(C4CCOC4)n3)CCCCCC2)[nH]1. The number of nitrogens with zero attached hydrogens (tertiary/aromatic N) is 3. The number of carbonyl (C=O) groups is 1. The number of amides is 1. The van der Waals surface area contributed by atoms with Crippen LogP contribution in [-0.4, -0.2) is 39.2 Å². The maximum absolute atomic E-state index is 12.8. The first-order chi connectivity index (χ1) is 12.7. The Morgan fingerprint density at radius 3 is 2.77 bits per heavy atom. The zero-order chi connectivity index (χ0) is 18.0. The highest BCUT2D eigenvalue weighted by Crippen LogP contribution is 2.36. The van der Waals surface area contributed by atoms with Crippen molar-refractivity contribution in [1.29, 1.82) is 0 Å². The van der Waals surface area contributed by atoms with Crippen molar-refractivity contribution in [2.45, 2.75) is 63.3 Å². The van der Waals surface area contributed by atoms with Gasteiger partial charge in [-0.3, -0.25) is 4.79 Å². The number of hydrogen-bond donors (Lipinski definition) is 2. The third-order valence-electron chi connectivity index (χ3n) is 5.41. The number of aromatic amines is 1. The minimum Gasteiger partial charge on any atom is -0.381 e. The van der Waals surface area contributed by atoms with E-state index in [1.54, 1.807) is 6.20 Å². The van der Waals surface area contributed by atoms with Gasteiger partial charge in [0.05, 0.1) is 18.7 Å². The molecule has 8 heteroatoms. The van der Waals surface area contributed by atoms with Crippen molar-refractivity contribution >= 4 is 5.91 Å². The Kier molecular flexibility index (Phi) is 4.76. The fraction of sp³-hybridized carbons (Fsp3) is 0.667. The van der Waals surface area contributed by atoms with Crippen LogP contribution in [0.15, 0.2) is 10.7 Å². The van der Waals surface area contributed by atoms with Crippen molar-refractivity contribution in [1.82, 2.24) is 25.4 Å². The van der Waals surface area contributed by atoms with Gasteiger partial charge in [0.1, 0.15) is 17.1 Å². The Hall–Kier alpha value is -2.22. The lowest BCUT2D eigenvalue weighted by atomic mass is 9.89. The van der Waals surface area contributed by atoms with E-state index >= 15 is 0 Å². The van der Waals surface area contributed by atoms with Crippen molar-refractivity contribution in [3.05, 3.63) is 29.4 Å². The van der Waals surface area contributed by atoms with Gasteiger partial charge in [-0.1, -0.05) is 30.8 Å². The number of ether oxygens (including phenoxy) is 1. The third-order valence-corrected chi connectivity index (χ3v) is 5.41. The normalized spacial score (nSPS) is 22.9. The molecule has 1 atom stereocenters.